The highest BCUT2D eigenvalue weighted by Crippen LogP contribution is 2.30. The molecule has 138 valence electrons. The highest BCUT2D eigenvalue weighted by Gasteiger charge is 2.42. The van der Waals surface area contributed by atoms with Crippen LogP contribution in [0.25, 0.3) is 0 Å². The molecule has 0 spiro atoms. The number of benzene rings is 1. The normalized spacial score (nSPS) is 25.0. The Kier molecular flexibility index (Phi) is 4.99. The van der Waals surface area contributed by atoms with Gasteiger partial charge >= 0.3 is 0 Å². The van der Waals surface area contributed by atoms with Gasteiger partial charge in [-0.2, -0.15) is 0 Å². The zero-order chi connectivity index (χ0) is 18.0. The Morgan fingerprint density at radius 1 is 1.28 bits per heavy atom. The minimum absolute atomic E-state index is 0.0688. The lowest BCUT2D eigenvalue weighted by Gasteiger charge is -2.21. The summed E-state index contributed by atoms with van der Waals surface area (Å²) in [5, 5.41) is 5.46. The van der Waals surface area contributed by atoms with Gasteiger partial charge < -0.3 is 19.7 Å². The average molecular weight is 355 g/mol. The smallest absolute Gasteiger partial charge is 0.262 e. The predicted octanol–water partition coefficient (Wildman–Crippen LogP) is 1.40. The molecule has 0 saturated carbocycles. The molecule has 2 N–H and O–H groups in total. The maximum absolute atomic E-state index is 13.2. The number of nitrogens with one attached hydrogen (secondary N) is 2. The molecule has 0 radical (unpaired) electrons. The van der Waals surface area contributed by atoms with Crippen LogP contribution in [0.5, 0.6) is 11.5 Å². The fraction of sp³-hybridized carbons (Fsp3) is 0.588. The van der Waals surface area contributed by atoms with Gasteiger partial charge in [-0.3, -0.25) is 10.1 Å². The molecule has 8 heteroatoms. The lowest BCUT2D eigenvalue weighted by atomic mass is 10.1. The maximum Gasteiger partial charge on any atom is 0.262 e. The number of hydrogen-bond acceptors (Lipinski definition) is 5. The summed E-state index contributed by atoms with van der Waals surface area (Å²) in [6.07, 6.45) is 0.316. The van der Waals surface area contributed by atoms with Gasteiger partial charge in [-0.15, -0.1) is 0 Å². The monoisotopic (exact) mass is 355 g/mol. The third-order valence-corrected chi connectivity index (χ3v) is 4.66. The van der Waals surface area contributed by atoms with E-state index < -0.39 is 24.9 Å². The first-order valence-corrected chi connectivity index (χ1v) is 8.30. The summed E-state index contributed by atoms with van der Waals surface area (Å²) in [5.74, 6) is -1.77. The first-order chi connectivity index (χ1) is 11.9. The van der Waals surface area contributed by atoms with Crippen LogP contribution in [0.1, 0.15) is 12.8 Å². The lowest BCUT2D eigenvalue weighted by Crippen LogP contribution is -2.46. The molecule has 2 atom stereocenters. The number of carbonyl (C=O) groups is 1. The molecule has 1 aromatic carbocycles. The van der Waals surface area contributed by atoms with E-state index in [-0.39, 0.29) is 11.9 Å². The molecule has 2 heterocycles. The van der Waals surface area contributed by atoms with E-state index in [1.165, 1.54) is 0 Å². The van der Waals surface area contributed by atoms with Crippen molar-refractivity contribution in [3.8, 4) is 11.5 Å². The quantitative estimate of drug-likeness (QED) is 0.836. The average Bonchev–Trinajstić information content (AvgIpc) is 3.20. The summed E-state index contributed by atoms with van der Waals surface area (Å²) in [4.78, 5) is 14.3. The fourth-order valence-electron chi connectivity index (χ4n) is 3.29. The van der Waals surface area contributed by atoms with Gasteiger partial charge in [0.1, 0.15) is 11.5 Å². The van der Waals surface area contributed by atoms with Gasteiger partial charge in [-0.1, -0.05) is 0 Å². The fourth-order valence-corrected chi connectivity index (χ4v) is 3.29. The van der Waals surface area contributed by atoms with Gasteiger partial charge in [-0.25, -0.2) is 8.78 Å². The molecule has 0 aromatic heterocycles. The number of anilines is 1. The Labute approximate surface area is 145 Å². The van der Waals surface area contributed by atoms with E-state index in [1.54, 1.807) is 20.3 Å². The van der Waals surface area contributed by atoms with Gasteiger partial charge in [0.15, 0.2) is 0 Å². The van der Waals surface area contributed by atoms with Crippen LogP contribution < -0.4 is 25.0 Å². The lowest BCUT2D eigenvalue weighted by molar-refractivity contribution is -0.124. The van der Waals surface area contributed by atoms with Gasteiger partial charge in [0.2, 0.25) is 5.91 Å². The van der Waals surface area contributed by atoms with Crippen molar-refractivity contribution >= 4 is 11.6 Å². The summed E-state index contributed by atoms with van der Waals surface area (Å²) in [6, 6.07) is 4.73. The van der Waals surface area contributed by atoms with Crippen LogP contribution in [0.2, 0.25) is 0 Å². The van der Waals surface area contributed by atoms with Crippen molar-refractivity contribution in [2.24, 2.45) is 0 Å². The van der Waals surface area contributed by atoms with E-state index in [0.717, 1.165) is 18.7 Å². The Morgan fingerprint density at radius 2 is 1.96 bits per heavy atom. The number of halogens is 2. The van der Waals surface area contributed by atoms with Gasteiger partial charge in [0.05, 0.1) is 26.8 Å². The number of methoxy groups -OCH3 is 2. The van der Waals surface area contributed by atoms with Crippen molar-refractivity contribution < 1.29 is 23.0 Å². The Bertz CT molecular complexity index is 619. The van der Waals surface area contributed by atoms with Crippen LogP contribution >= 0.6 is 0 Å². The van der Waals surface area contributed by atoms with E-state index in [4.69, 9.17) is 9.47 Å². The molecular weight excluding hydrogens is 332 g/mol. The summed E-state index contributed by atoms with van der Waals surface area (Å²) in [5.41, 5.74) is 0.943. The number of nitrogens with zero attached hydrogens (tertiary/aromatic N) is 1. The van der Waals surface area contributed by atoms with Crippen molar-refractivity contribution in [2.75, 3.05) is 38.8 Å². The number of rotatable bonds is 5. The molecule has 2 aliphatic heterocycles. The van der Waals surface area contributed by atoms with E-state index in [2.05, 4.69) is 15.5 Å². The molecule has 6 nitrogen and oxygen atoms in total. The maximum atomic E-state index is 13.2. The van der Waals surface area contributed by atoms with Crippen molar-refractivity contribution in [1.82, 2.24) is 10.6 Å². The standard InChI is InChI=1S/C17H23F2N3O3/c1-24-13-5-12(6-14(7-13)25-2)22-4-3-11(9-22)21-16(23)15-8-17(18,19)10-20-15/h5-7,11,15,20H,3-4,8-10H2,1-2H3,(H,21,23). The van der Waals surface area contributed by atoms with Crippen molar-refractivity contribution in [3.05, 3.63) is 18.2 Å². The van der Waals surface area contributed by atoms with E-state index in [9.17, 15) is 13.6 Å². The van der Waals surface area contributed by atoms with Crippen molar-refractivity contribution in [2.45, 2.75) is 30.8 Å². The van der Waals surface area contributed by atoms with Crippen LogP contribution in [0, 0.1) is 0 Å². The second-order valence-electron chi connectivity index (χ2n) is 6.50. The number of ether oxygens (including phenoxy) is 2. The molecule has 2 unspecified atom stereocenters. The molecule has 1 aromatic rings. The van der Waals surface area contributed by atoms with Crippen LogP contribution in [0.4, 0.5) is 14.5 Å². The van der Waals surface area contributed by atoms with Crippen LogP contribution in [-0.4, -0.2) is 57.8 Å². The van der Waals surface area contributed by atoms with Crippen molar-refractivity contribution in [3.63, 3.8) is 0 Å². The second-order valence-corrected chi connectivity index (χ2v) is 6.50. The molecule has 2 aliphatic rings. The molecular formula is C17H23F2N3O3. The van der Waals surface area contributed by atoms with Crippen LogP contribution in [0.3, 0.4) is 0 Å². The summed E-state index contributed by atoms with van der Waals surface area (Å²) in [7, 11) is 3.19. The second kappa shape index (κ2) is 7.03. The number of alkyl halides is 2. The Hall–Kier alpha value is -2.09. The SMILES string of the molecule is COc1cc(OC)cc(N2CCC(NC(=O)C3CC(F)(F)CN3)C2)c1. The molecule has 25 heavy (non-hydrogen) atoms. The van der Waals surface area contributed by atoms with Gasteiger partial charge in [0.25, 0.3) is 5.92 Å². The summed E-state index contributed by atoms with van der Waals surface area (Å²) < 4.78 is 37.0. The van der Waals surface area contributed by atoms with Gasteiger partial charge in [0, 0.05) is 49.4 Å². The highest BCUT2D eigenvalue weighted by molar-refractivity contribution is 5.82. The summed E-state index contributed by atoms with van der Waals surface area (Å²) >= 11 is 0. The zero-order valence-electron chi connectivity index (χ0n) is 14.4. The first kappa shape index (κ1) is 17.7. The Balaban J connectivity index is 1.59. The molecule has 0 aliphatic carbocycles. The molecule has 0 bridgehead atoms. The molecule has 3 rings (SSSR count). The van der Waals surface area contributed by atoms with E-state index in [1.807, 2.05) is 12.1 Å². The minimum atomic E-state index is -2.80. The van der Waals surface area contributed by atoms with Crippen LogP contribution in [0.15, 0.2) is 18.2 Å². The van der Waals surface area contributed by atoms with Gasteiger partial charge in [-0.05, 0) is 6.42 Å². The predicted molar refractivity (Wildman–Crippen MR) is 89.7 cm³/mol. The number of carbonyl (C=O) groups excluding carboxylic acids is 1. The third kappa shape index (κ3) is 4.12. The first-order valence-electron chi connectivity index (χ1n) is 8.30. The largest absolute Gasteiger partial charge is 0.497 e. The van der Waals surface area contributed by atoms with E-state index in [0.29, 0.717) is 18.0 Å². The van der Waals surface area contributed by atoms with Crippen LogP contribution in [-0.2, 0) is 4.79 Å². The molecule has 1 amide bonds. The minimum Gasteiger partial charge on any atom is -0.497 e. The third-order valence-electron chi connectivity index (χ3n) is 4.66. The topological polar surface area (TPSA) is 62.8 Å². The zero-order valence-corrected chi connectivity index (χ0v) is 14.4. The summed E-state index contributed by atoms with van der Waals surface area (Å²) in [6.45, 7) is 0.937. The molecule has 2 saturated heterocycles. The van der Waals surface area contributed by atoms with E-state index >= 15 is 0 Å². The van der Waals surface area contributed by atoms with Crippen molar-refractivity contribution in [1.29, 1.82) is 0 Å². The highest BCUT2D eigenvalue weighted by atomic mass is 19.3. The number of hydrogen-bond donors (Lipinski definition) is 2. The Morgan fingerprint density at radius 3 is 2.52 bits per heavy atom. The molecule has 2 fully saturated rings. The number of amides is 1.